The van der Waals surface area contributed by atoms with Crippen LogP contribution in [0, 0.1) is 10.1 Å². The Kier molecular flexibility index (Phi) is 6.23. The number of nitro benzene ring substituents is 1. The van der Waals surface area contributed by atoms with Gasteiger partial charge in [0.2, 0.25) is 0 Å². The Labute approximate surface area is 125 Å². The van der Waals surface area contributed by atoms with Crippen molar-refractivity contribution in [1.82, 2.24) is 10.6 Å². The van der Waals surface area contributed by atoms with Gasteiger partial charge in [-0.25, -0.2) is 4.79 Å². The summed E-state index contributed by atoms with van der Waals surface area (Å²) in [5, 5.41) is 28.9. The number of amides is 1. The molecule has 0 aliphatic heterocycles. The van der Waals surface area contributed by atoms with Crippen molar-refractivity contribution in [2.45, 2.75) is 19.4 Å². The number of nitrogens with one attached hydrogen (secondary N) is 1. The first-order valence-corrected chi connectivity index (χ1v) is 6.23. The van der Waals surface area contributed by atoms with Gasteiger partial charge in [0.05, 0.1) is 11.5 Å². The van der Waals surface area contributed by atoms with E-state index in [4.69, 9.17) is 15.1 Å². The van der Waals surface area contributed by atoms with Crippen molar-refractivity contribution in [3.05, 3.63) is 39.9 Å². The molecular formula is C12H15N3O7. The predicted molar refractivity (Wildman–Crippen MR) is 72.8 cm³/mol. The summed E-state index contributed by atoms with van der Waals surface area (Å²) in [6, 6.07) is 4.02. The Morgan fingerprint density at radius 1 is 1.36 bits per heavy atom. The van der Waals surface area contributed by atoms with E-state index in [9.17, 15) is 19.7 Å². The van der Waals surface area contributed by atoms with Crippen LogP contribution >= 0.6 is 0 Å². The van der Waals surface area contributed by atoms with Crippen molar-refractivity contribution in [3.8, 4) is 0 Å². The summed E-state index contributed by atoms with van der Waals surface area (Å²) < 4.78 is 0. The highest BCUT2D eigenvalue weighted by Gasteiger charge is 2.24. The van der Waals surface area contributed by atoms with Crippen molar-refractivity contribution in [1.29, 1.82) is 0 Å². The standard InChI is InChI=1S/C12H15N3O7/c1-2-22-14(12(18)19)13-10(11(16)17)7-8-3-5-9(6-4-8)15(20)21/h3-6,10,13H,2,7H2,1H3,(H,16,17)(H,18,19)/t10-/m0/s1. The van der Waals surface area contributed by atoms with Crippen LogP contribution < -0.4 is 5.43 Å². The minimum atomic E-state index is -1.49. The Morgan fingerprint density at radius 2 is 1.95 bits per heavy atom. The van der Waals surface area contributed by atoms with Crippen LogP contribution in [0.2, 0.25) is 0 Å². The molecule has 22 heavy (non-hydrogen) atoms. The lowest BCUT2D eigenvalue weighted by atomic mass is 10.1. The Bertz CT molecular complexity index is 546. The van der Waals surface area contributed by atoms with Gasteiger partial charge >= 0.3 is 12.1 Å². The molecule has 0 bridgehead atoms. The van der Waals surface area contributed by atoms with Crippen molar-refractivity contribution < 1.29 is 29.6 Å². The van der Waals surface area contributed by atoms with E-state index in [1.165, 1.54) is 24.3 Å². The number of hydroxylamine groups is 1. The molecule has 0 fully saturated rings. The zero-order valence-corrected chi connectivity index (χ0v) is 11.6. The van der Waals surface area contributed by atoms with E-state index in [-0.39, 0.29) is 18.7 Å². The van der Waals surface area contributed by atoms with Crippen LogP contribution in [0.25, 0.3) is 0 Å². The van der Waals surface area contributed by atoms with E-state index in [0.29, 0.717) is 10.7 Å². The molecule has 0 radical (unpaired) electrons. The number of rotatable bonds is 8. The van der Waals surface area contributed by atoms with E-state index in [2.05, 4.69) is 5.43 Å². The number of nitro groups is 1. The largest absolute Gasteiger partial charge is 0.480 e. The zero-order chi connectivity index (χ0) is 16.7. The first-order valence-electron chi connectivity index (χ1n) is 6.23. The molecule has 3 N–H and O–H groups in total. The van der Waals surface area contributed by atoms with E-state index < -0.39 is 23.0 Å². The van der Waals surface area contributed by atoms with Crippen LogP contribution in [-0.4, -0.2) is 45.0 Å². The fourth-order valence-corrected chi connectivity index (χ4v) is 1.60. The molecule has 10 nitrogen and oxygen atoms in total. The van der Waals surface area contributed by atoms with Gasteiger partial charge in [-0.05, 0) is 12.5 Å². The number of carboxylic acids is 1. The summed E-state index contributed by atoms with van der Waals surface area (Å²) >= 11 is 0. The van der Waals surface area contributed by atoms with Gasteiger partial charge in [-0.3, -0.25) is 19.7 Å². The topological polar surface area (TPSA) is 142 Å². The molecule has 0 aromatic heterocycles. The second-order valence-corrected chi connectivity index (χ2v) is 4.14. The molecule has 1 aromatic rings. The molecule has 0 unspecified atom stereocenters. The van der Waals surface area contributed by atoms with Gasteiger partial charge in [-0.1, -0.05) is 12.1 Å². The van der Waals surface area contributed by atoms with Crippen molar-refractivity contribution in [2.24, 2.45) is 0 Å². The molecule has 0 aliphatic carbocycles. The van der Waals surface area contributed by atoms with E-state index in [0.717, 1.165) is 0 Å². The lowest BCUT2D eigenvalue weighted by molar-refractivity contribution is -0.384. The Hall–Kier alpha value is -2.72. The third-order valence-electron chi connectivity index (χ3n) is 2.59. The summed E-state index contributed by atoms with van der Waals surface area (Å²) in [4.78, 5) is 36.8. The summed E-state index contributed by atoms with van der Waals surface area (Å²) in [6.45, 7) is 1.58. The number of hydrogen-bond donors (Lipinski definition) is 3. The van der Waals surface area contributed by atoms with Gasteiger partial charge in [0.1, 0.15) is 6.04 Å². The Morgan fingerprint density at radius 3 is 2.36 bits per heavy atom. The fraction of sp³-hybridized carbons (Fsp3) is 0.333. The summed E-state index contributed by atoms with van der Waals surface area (Å²) in [6.07, 6.45) is -1.57. The quantitative estimate of drug-likeness (QED) is 0.477. The maximum Gasteiger partial charge on any atom is 0.447 e. The van der Waals surface area contributed by atoms with Crippen LogP contribution in [0.4, 0.5) is 10.5 Å². The zero-order valence-electron chi connectivity index (χ0n) is 11.6. The predicted octanol–water partition coefficient (Wildman–Crippen LogP) is 1.03. The maximum atomic E-state index is 11.2. The third-order valence-corrected chi connectivity index (χ3v) is 2.59. The van der Waals surface area contributed by atoms with Gasteiger partial charge in [-0.15, -0.1) is 5.17 Å². The molecule has 0 saturated carbocycles. The van der Waals surface area contributed by atoms with Crippen molar-refractivity contribution in [3.63, 3.8) is 0 Å². The summed E-state index contributed by atoms with van der Waals surface area (Å²) in [7, 11) is 0. The van der Waals surface area contributed by atoms with Crippen LogP contribution in [0.15, 0.2) is 24.3 Å². The van der Waals surface area contributed by atoms with Gasteiger partial charge in [-0.2, -0.15) is 5.43 Å². The lowest BCUT2D eigenvalue weighted by Crippen LogP contribution is -2.51. The average molecular weight is 313 g/mol. The molecule has 0 heterocycles. The number of non-ortho nitro benzene ring substituents is 1. The number of benzene rings is 1. The molecule has 10 heteroatoms. The van der Waals surface area contributed by atoms with Crippen LogP contribution in [0.5, 0.6) is 0 Å². The maximum absolute atomic E-state index is 11.2. The smallest absolute Gasteiger partial charge is 0.447 e. The molecule has 1 rings (SSSR count). The molecule has 0 aliphatic rings. The van der Waals surface area contributed by atoms with Crippen molar-refractivity contribution in [2.75, 3.05) is 6.61 Å². The Balaban J connectivity index is 2.81. The second-order valence-electron chi connectivity index (χ2n) is 4.14. The van der Waals surface area contributed by atoms with Crippen LogP contribution in [0.3, 0.4) is 0 Å². The van der Waals surface area contributed by atoms with Gasteiger partial charge in [0.25, 0.3) is 5.69 Å². The average Bonchev–Trinajstić information content (AvgIpc) is 2.46. The first-order chi connectivity index (χ1) is 10.3. The van der Waals surface area contributed by atoms with E-state index >= 15 is 0 Å². The van der Waals surface area contributed by atoms with Gasteiger partial charge in [0.15, 0.2) is 0 Å². The third kappa shape index (κ3) is 5.00. The van der Waals surface area contributed by atoms with Crippen LogP contribution in [0.1, 0.15) is 12.5 Å². The first kappa shape index (κ1) is 17.3. The molecule has 1 atom stereocenters. The number of aliphatic carboxylic acids is 1. The molecule has 120 valence electrons. The van der Waals surface area contributed by atoms with Crippen LogP contribution in [-0.2, 0) is 16.1 Å². The highest BCUT2D eigenvalue weighted by molar-refractivity contribution is 5.74. The minimum Gasteiger partial charge on any atom is -0.480 e. The summed E-state index contributed by atoms with van der Waals surface area (Å²) in [5.41, 5.74) is 2.59. The van der Waals surface area contributed by atoms with E-state index in [1.54, 1.807) is 6.92 Å². The number of carboxylic acid groups (broad SMARTS) is 2. The number of hydrazine groups is 1. The minimum absolute atomic E-state index is 0.0309. The normalized spacial score (nSPS) is 11.7. The molecule has 0 saturated heterocycles. The molecule has 1 amide bonds. The number of carbonyl (C=O) groups is 2. The monoisotopic (exact) mass is 313 g/mol. The molecule has 1 aromatic carbocycles. The number of hydrogen-bond acceptors (Lipinski definition) is 6. The van der Waals surface area contributed by atoms with E-state index in [1.807, 2.05) is 0 Å². The highest BCUT2D eigenvalue weighted by atomic mass is 16.7. The summed E-state index contributed by atoms with van der Waals surface area (Å²) in [5.74, 6) is -1.29. The number of nitrogens with zero attached hydrogens (tertiary/aromatic N) is 2. The SMILES string of the molecule is CCON(N[C@@H](Cc1ccc([N+](=O)[O-])cc1)C(=O)O)C(=O)O. The lowest BCUT2D eigenvalue weighted by Gasteiger charge is -2.22. The fourth-order valence-electron chi connectivity index (χ4n) is 1.60. The highest BCUT2D eigenvalue weighted by Crippen LogP contribution is 2.13. The molecular weight excluding hydrogens is 298 g/mol. The van der Waals surface area contributed by atoms with Gasteiger partial charge in [0, 0.05) is 18.6 Å². The van der Waals surface area contributed by atoms with Gasteiger partial charge < -0.3 is 10.2 Å². The molecule has 0 spiro atoms. The van der Waals surface area contributed by atoms with Crippen molar-refractivity contribution >= 4 is 17.7 Å². The second kappa shape index (κ2) is 7.90.